The predicted octanol–water partition coefficient (Wildman–Crippen LogP) is 9.70. The predicted molar refractivity (Wildman–Crippen MR) is 238 cm³/mol. The summed E-state index contributed by atoms with van der Waals surface area (Å²) in [5.74, 6) is -1.00. The molecule has 0 radical (unpaired) electrons. The molecule has 1 amide bonds. The van der Waals surface area contributed by atoms with Gasteiger partial charge in [0.15, 0.2) is 0 Å². The molecule has 11 heteroatoms. The van der Waals surface area contributed by atoms with Crippen molar-refractivity contribution in [1.29, 1.82) is 0 Å². The summed E-state index contributed by atoms with van der Waals surface area (Å²) in [4.78, 5) is 34.6. The number of fused-ring (bicyclic) bond motifs is 2. The van der Waals surface area contributed by atoms with Crippen molar-refractivity contribution in [3.63, 3.8) is 0 Å². The Morgan fingerprint density at radius 1 is 0.905 bits per heavy atom. The Labute approximate surface area is 369 Å². The van der Waals surface area contributed by atoms with Crippen LogP contribution in [0.2, 0.25) is 0 Å². The van der Waals surface area contributed by atoms with Gasteiger partial charge in [-0.25, -0.2) is 4.39 Å². The van der Waals surface area contributed by atoms with Crippen LogP contribution >= 0.6 is 0 Å². The largest absolute Gasteiger partial charge is 0.459 e. The zero-order valence-corrected chi connectivity index (χ0v) is 35.7. The van der Waals surface area contributed by atoms with E-state index in [0.717, 1.165) is 67.1 Å². The standard InChI is InChI=1S/C52H57FN2O8/c1-2-27-60-52-48(55(51(59)38-19-20-38)32-35-17-21-40(53)22-18-35)31-46(54-61-34-36-11-4-3-5-12-36)44-29-39(14-6-8-25-56)43(16-7-9-26-57)49(50(44)52)45-30-42(23-24-47(45)63-52)62-41-15-10-13-37(28-41)33-58/h2-5,10-13,15,17-18,21-24,28-30,33,38-39,43,48-50,56-57H,1,6-9,14,16,19-20,25-27,31-32,34H2/t39-,43+,48-,49+,50+,52+/m0/s1. The third kappa shape index (κ3) is 9.81. The van der Waals surface area contributed by atoms with Gasteiger partial charge in [-0.3, -0.25) is 9.59 Å². The summed E-state index contributed by atoms with van der Waals surface area (Å²) in [5, 5.41) is 24.9. The van der Waals surface area contributed by atoms with Crippen molar-refractivity contribution >= 4 is 17.9 Å². The molecule has 2 fully saturated rings. The van der Waals surface area contributed by atoms with E-state index < -0.39 is 17.7 Å². The van der Waals surface area contributed by atoms with E-state index in [1.54, 1.807) is 36.4 Å². The lowest BCUT2D eigenvalue weighted by molar-refractivity contribution is -0.258. The molecular weight excluding hydrogens is 800 g/mol. The molecule has 10 nitrogen and oxygen atoms in total. The summed E-state index contributed by atoms with van der Waals surface area (Å²) in [6.07, 6.45) is 11.1. The Morgan fingerprint density at radius 2 is 1.67 bits per heavy atom. The normalized spacial score (nSPS) is 24.0. The molecule has 1 heterocycles. The van der Waals surface area contributed by atoms with Crippen molar-refractivity contribution in [3.05, 3.63) is 149 Å². The average molecular weight is 857 g/mol. The van der Waals surface area contributed by atoms with Gasteiger partial charge in [0.05, 0.1) is 18.2 Å². The maximum atomic E-state index is 14.8. The number of halogens is 1. The van der Waals surface area contributed by atoms with Gasteiger partial charge in [-0.1, -0.05) is 84.7 Å². The molecule has 8 rings (SSSR count). The molecule has 4 aromatic rings. The molecule has 0 spiro atoms. The zero-order valence-electron chi connectivity index (χ0n) is 35.7. The number of aliphatic hydroxyl groups is 2. The average Bonchev–Trinajstić information content (AvgIpc) is 4.16. The molecule has 6 atom stereocenters. The van der Waals surface area contributed by atoms with Gasteiger partial charge in [0, 0.05) is 49.1 Å². The number of unbranched alkanes of at least 4 members (excludes halogenated alkanes) is 2. The van der Waals surface area contributed by atoms with Crippen LogP contribution in [0.3, 0.4) is 0 Å². The SMILES string of the molecule is C=CCO[C@@]12Oc3ccc(Oc4cccc(C=O)c4)cc3[C@H]3[C@H](CCCCO)[C@@H](CCCCO)C=C(C(=NOCc4ccccc4)C[C@@H]1N(Cc1ccc(F)cc1)C(=O)C1CC1)[C@H]32. The van der Waals surface area contributed by atoms with Crippen LogP contribution in [-0.4, -0.2) is 64.7 Å². The van der Waals surface area contributed by atoms with Crippen molar-refractivity contribution in [2.45, 2.75) is 88.7 Å². The molecule has 0 bridgehead atoms. The molecule has 4 aromatic carbocycles. The second-order valence-corrected chi connectivity index (χ2v) is 17.2. The molecule has 63 heavy (non-hydrogen) atoms. The first-order valence-corrected chi connectivity index (χ1v) is 22.4. The number of rotatable bonds is 21. The van der Waals surface area contributed by atoms with E-state index in [1.165, 1.54) is 12.1 Å². The molecule has 0 saturated heterocycles. The maximum absolute atomic E-state index is 14.8. The lowest BCUT2D eigenvalue weighted by atomic mass is 9.55. The molecule has 2 saturated carbocycles. The number of ether oxygens (including phenoxy) is 3. The summed E-state index contributed by atoms with van der Waals surface area (Å²) in [6.45, 7) is 4.77. The molecule has 3 aliphatic carbocycles. The van der Waals surface area contributed by atoms with Crippen molar-refractivity contribution < 1.29 is 43.2 Å². The van der Waals surface area contributed by atoms with Crippen LogP contribution in [0.4, 0.5) is 4.39 Å². The fourth-order valence-corrected chi connectivity index (χ4v) is 9.95. The van der Waals surface area contributed by atoms with Crippen LogP contribution in [0.25, 0.3) is 0 Å². The van der Waals surface area contributed by atoms with Crippen LogP contribution in [0.15, 0.2) is 127 Å². The van der Waals surface area contributed by atoms with E-state index in [2.05, 4.69) is 12.7 Å². The van der Waals surface area contributed by atoms with E-state index in [4.69, 9.17) is 24.2 Å². The molecule has 0 aromatic heterocycles. The molecule has 2 N–H and O–H groups in total. The van der Waals surface area contributed by atoms with Crippen LogP contribution in [0.5, 0.6) is 17.2 Å². The van der Waals surface area contributed by atoms with E-state index in [9.17, 15) is 24.2 Å². The van der Waals surface area contributed by atoms with Crippen LogP contribution in [-0.2, 0) is 27.5 Å². The molecule has 330 valence electrons. The fraction of sp³-hybridized carbons (Fsp3) is 0.404. The first kappa shape index (κ1) is 44.0. The van der Waals surface area contributed by atoms with E-state index in [1.807, 2.05) is 59.5 Å². The topological polar surface area (TPSA) is 127 Å². The minimum absolute atomic E-state index is 0.0157. The number of allylic oxidation sites excluding steroid dienone is 1. The van der Waals surface area contributed by atoms with Gasteiger partial charge in [-0.05, 0) is 110 Å². The number of carbonyl (C=O) groups excluding carboxylic acids is 2. The summed E-state index contributed by atoms with van der Waals surface area (Å²) >= 11 is 0. The lowest BCUT2D eigenvalue weighted by Crippen LogP contribution is -2.70. The van der Waals surface area contributed by atoms with Crippen LogP contribution in [0, 0.1) is 29.5 Å². The van der Waals surface area contributed by atoms with Gasteiger partial charge in [0.1, 0.15) is 42.0 Å². The Morgan fingerprint density at radius 3 is 2.40 bits per heavy atom. The monoisotopic (exact) mass is 856 g/mol. The maximum Gasteiger partial charge on any atom is 0.239 e. The Kier molecular flexibility index (Phi) is 14.2. The third-order valence-electron chi connectivity index (χ3n) is 13.0. The van der Waals surface area contributed by atoms with Gasteiger partial charge < -0.3 is 34.2 Å². The molecular formula is C52H57FN2O8. The summed E-state index contributed by atoms with van der Waals surface area (Å²) < 4.78 is 35.3. The summed E-state index contributed by atoms with van der Waals surface area (Å²) in [5.41, 5.74) is 4.77. The smallest absolute Gasteiger partial charge is 0.239 e. The highest BCUT2D eigenvalue weighted by Gasteiger charge is 2.66. The fourth-order valence-electron chi connectivity index (χ4n) is 9.95. The number of carbonyl (C=O) groups is 2. The number of aldehydes is 1. The first-order chi connectivity index (χ1) is 30.8. The first-order valence-electron chi connectivity index (χ1n) is 22.4. The van der Waals surface area contributed by atoms with E-state index >= 15 is 0 Å². The Hall–Kier alpha value is -5.62. The number of benzene rings is 4. The van der Waals surface area contributed by atoms with Gasteiger partial charge >= 0.3 is 0 Å². The molecule has 1 aliphatic heterocycles. The quantitative estimate of drug-likeness (QED) is 0.0367. The van der Waals surface area contributed by atoms with Crippen LogP contribution in [0.1, 0.15) is 90.8 Å². The van der Waals surface area contributed by atoms with Crippen LogP contribution < -0.4 is 9.47 Å². The number of nitrogens with zero attached hydrogens (tertiary/aromatic N) is 2. The Balaban J connectivity index is 1.33. The molecule has 4 aliphatic rings. The number of aliphatic hydroxyl groups excluding tert-OH is 2. The summed E-state index contributed by atoms with van der Waals surface area (Å²) in [7, 11) is 0. The minimum atomic E-state index is -1.44. The van der Waals surface area contributed by atoms with Gasteiger partial charge in [0.25, 0.3) is 0 Å². The number of hydrogen-bond donors (Lipinski definition) is 2. The highest BCUT2D eigenvalue weighted by Crippen LogP contribution is 2.62. The second-order valence-electron chi connectivity index (χ2n) is 17.2. The van der Waals surface area contributed by atoms with E-state index in [-0.39, 0.29) is 74.8 Å². The molecule has 0 unspecified atom stereocenters. The highest BCUT2D eigenvalue weighted by molar-refractivity contribution is 6.03. The van der Waals surface area contributed by atoms with Gasteiger partial charge in [-0.15, -0.1) is 6.58 Å². The van der Waals surface area contributed by atoms with Crippen molar-refractivity contribution in [3.8, 4) is 17.2 Å². The van der Waals surface area contributed by atoms with E-state index in [0.29, 0.717) is 41.4 Å². The van der Waals surface area contributed by atoms with Crippen molar-refractivity contribution in [1.82, 2.24) is 4.90 Å². The van der Waals surface area contributed by atoms with Crippen molar-refractivity contribution in [2.75, 3.05) is 19.8 Å². The Bertz CT molecular complexity index is 2280. The highest BCUT2D eigenvalue weighted by atomic mass is 19.1. The van der Waals surface area contributed by atoms with Gasteiger partial charge in [0.2, 0.25) is 11.7 Å². The van der Waals surface area contributed by atoms with Crippen molar-refractivity contribution in [2.24, 2.45) is 28.8 Å². The lowest BCUT2D eigenvalue weighted by Gasteiger charge is -2.60. The number of hydrogen-bond acceptors (Lipinski definition) is 9. The summed E-state index contributed by atoms with van der Waals surface area (Å²) in [6, 6.07) is 28.2. The number of amides is 1. The number of oxime groups is 1. The zero-order chi connectivity index (χ0) is 43.8. The second kappa shape index (κ2) is 20.3. The van der Waals surface area contributed by atoms with Gasteiger partial charge in [-0.2, -0.15) is 0 Å². The third-order valence-corrected chi connectivity index (χ3v) is 13.0. The minimum Gasteiger partial charge on any atom is -0.459 e.